The third kappa shape index (κ3) is 4.94. The zero-order valence-electron chi connectivity index (χ0n) is 11.3. The molecule has 2 fully saturated rings. The van der Waals surface area contributed by atoms with Gasteiger partial charge >= 0.3 is 0 Å². The summed E-state index contributed by atoms with van der Waals surface area (Å²) in [6.07, 6.45) is 7.18. The van der Waals surface area contributed by atoms with Gasteiger partial charge in [-0.3, -0.25) is 0 Å². The number of hydrogen-bond donors (Lipinski definition) is 1. The molecule has 0 aromatic heterocycles. The van der Waals surface area contributed by atoms with Crippen molar-refractivity contribution < 1.29 is 4.74 Å². The highest BCUT2D eigenvalue weighted by Crippen LogP contribution is 2.20. The first-order valence-electron chi connectivity index (χ1n) is 7.39. The predicted molar refractivity (Wildman–Crippen MR) is 71.3 cm³/mol. The molecule has 3 heteroatoms. The summed E-state index contributed by atoms with van der Waals surface area (Å²) in [5.74, 6) is 0.766. The van der Waals surface area contributed by atoms with Crippen LogP contribution in [0.25, 0.3) is 0 Å². The van der Waals surface area contributed by atoms with Crippen molar-refractivity contribution in [1.29, 1.82) is 0 Å². The van der Waals surface area contributed by atoms with Crippen molar-refractivity contribution in [2.24, 2.45) is 5.92 Å². The maximum absolute atomic E-state index is 5.96. The lowest BCUT2D eigenvalue weighted by Gasteiger charge is -2.28. The van der Waals surface area contributed by atoms with Gasteiger partial charge in [-0.2, -0.15) is 0 Å². The van der Waals surface area contributed by atoms with Crippen LogP contribution < -0.4 is 5.32 Å². The van der Waals surface area contributed by atoms with E-state index in [0.29, 0.717) is 6.10 Å². The van der Waals surface area contributed by atoms with Crippen LogP contribution >= 0.6 is 0 Å². The molecule has 3 nitrogen and oxygen atoms in total. The van der Waals surface area contributed by atoms with Crippen molar-refractivity contribution in [3.8, 4) is 0 Å². The smallest absolute Gasteiger partial charge is 0.0597 e. The summed E-state index contributed by atoms with van der Waals surface area (Å²) in [5.41, 5.74) is 0. The molecule has 1 unspecified atom stereocenters. The van der Waals surface area contributed by atoms with Crippen LogP contribution in [-0.4, -0.2) is 50.3 Å². The molecule has 2 aliphatic rings. The lowest BCUT2D eigenvalue weighted by atomic mass is 10.1. The first kappa shape index (κ1) is 13.3. The number of ether oxygens (including phenoxy) is 1. The minimum atomic E-state index is 0.573. The number of hydrogen-bond acceptors (Lipinski definition) is 3. The molecular weight excluding hydrogens is 212 g/mol. The maximum Gasteiger partial charge on any atom is 0.0597 e. The minimum Gasteiger partial charge on any atom is -0.377 e. The number of nitrogens with zero attached hydrogens (tertiary/aromatic N) is 1. The van der Waals surface area contributed by atoms with Gasteiger partial charge in [-0.1, -0.05) is 19.8 Å². The average Bonchev–Trinajstić information content (AvgIpc) is 2.78. The quantitative estimate of drug-likeness (QED) is 0.812. The zero-order valence-corrected chi connectivity index (χ0v) is 11.3. The Morgan fingerprint density at radius 2 is 2.06 bits per heavy atom. The monoisotopic (exact) mass is 240 g/mol. The highest BCUT2D eigenvalue weighted by atomic mass is 16.5. The van der Waals surface area contributed by atoms with Crippen LogP contribution in [0, 0.1) is 5.92 Å². The van der Waals surface area contributed by atoms with Gasteiger partial charge < -0.3 is 15.0 Å². The molecule has 0 radical (unpaired) electrons. The average molecular weight is 240 g/mol. The maximum atomic E-state index is 5.96. The van der Waals surface area contributed by atoms with Crippen LogP contribution in [0.4, 0.5) is 0 Å². The van der Waals surface area contributed by atoms with Gasteiger partial charge in [0.15, 0.2) is 0 Å². The first-order chi connectivity index (χ1) is 8.34. The molecule has 1 heterocycles. The third-order valence-corrected chi connectivity index (χ3v) is 3.95. The van der Waals surface area contributed by atoms with Crippen molar-refractivity contribution >= 4 is 0 Å². The predicted octanol–water partition coefficient (Wildman–Crippen LogP) is 1.88. The van der Waals surface area contributed by atoms with Crippen molar-refractivity contribution in [3.63, 3.8) is 0 Å². The van der Waals surface area contributed by atoms with Crippen LogP contribution in [0.2, 0.25) is 0 Å². The van der Waals surface area contributed by atoms with Gasteiger partial charge in [-0.05, 0) is 44.8 Å². The molecule has 1 aliphatic carbocycles. The molecule has 1 saturated heterocycles. The topological polar surface area (TPSA) is 24.5 Å². The normalized spacial score (nSPS) is 29.1. The van der Waals surface area contributed by atoms with E-state index in [4.69, 9.17) is 4.74 Å². The van der Waals surface area contributed by atoms with Crippen LogP contribution in [0.3, 0.4) is 0 Å². The molecule has 17 heavy (non-hydrogen) atoms. The summed E-state index contributed by atoms with van der Waals surface area (Å²) in [6, 6.07) is 0. The van der Waals surface area contributed by atoms with Gasteiger partial charge in [-0.15, -0.1) is 0 Å². The van der Waals surface area contributed by atoms with E-state index in [9.17, 15) is 0 Å². The van der Waals surface area contributed by atoms with Crippen LogP contribution in [0.1, 0.15) is 39.0 Å². The molecular formula is C14H28N2O. The molecule has 100 valence electrons. The second-order valence-electron chi connectivity index (χ2n) is 5.74. The summed E-state index contributed by atoms with van der Waals surface area (Å²) in [6.45, 7) is 9.19. The molecule has 0 spiro atoms. The largest absolute Gasteiger partial charge is 0.377 e. The molecule has 1 atom stereocenters. The Balaban J connectivity index is 1.61. The van der Waals surface area contributed by atoms with Crippen molar-refractivity contribution in [1.82, 2.24) is 10.2 Å². The van der Waals surface area contributed by atoms with Gasteiger partial charge in [-0.25, -0.2) is 0 Å². The second kappa shape index (κ2) is 7.34. The van der Waals surface area contributed by atoms with Gasteiger partial charge in [0, 0.05) is 13.1 Å². The summed E-state index contributed by atoms with van der Waals surface area (Å²) in [7, 11) is 0. The Kier molecular flexibility index (Phi) is 5.75. The van der Waals surface area contributed by atoms with E-state index in [1.54, 1.807) is 0 Å². The number of rotatable bonds is 4. The SMILES string of the molecule is CC1CNCCCN(CCOC2CCCC2)C1. The van der Waals surface area contributed by atoms with E-state index in [1.165, 1.54) is 58.3 Å². The third-order valence-electron chi connectivity index (χ3n) is 3.95. The molecule has 1 saturated carbocycles. The fourth-order valence-electron chi connectivity index (χ4n) is 2.98. The molecule has 0 amide bonds. The Morgan fingerprint density at radius 3 is 2.88 bits per heavy atom. The van der Waals surface area contributed by atoms with Gasteiger partial charge in [0.2, 0.25) is 0 Å². The fraction of sp³-hybridized carbons (Fsp3) is 1.00. The van der Waals surface area contributed by atoms with E-state index < -0.39 is 0 Å². The van der Waals surface area contributed by atoms with E-state index >= 15 is 0 Å². The summed E-state index contributed by atoms with van der Waals surface area (Å²) < 4.78 is 5.96. The Labute approximate surface area is 106 Å². The van der Waals surface area contributed by atoms with Crippen LogP contribution in [0.15, 0.2) is 0 Å². The highest BCUT2D eigenvalue weighted by Gasteiger charge is 2.16. The molecule has 0 aromatic carbocycles. The van der Waals surface area contributed by atoms with E-state index in [2.05, 4.69) is 17.1 Å². The number of nitrogens with one attached hydrogen (secondary N) is 1. The molecule has 0 aromatic rings. The standard InChI is InChI=1S/C14H28N2O/c1-13-11-15-7-4-8-16(12-13)9-10-17-14-5-2-3-6-14/h13-15H,2-12H2,1H3. The lowest BCUT2D eigenvalue weighted by Crippen LogP contribution is -2.40. The van der Waals surface area contributed by atoms with Crippen LogP contribution in [-0.2, 0) is 4.74 Å². The van der Waals surface area contributed by atoms with Crippen LogP contribution in [0.5, 0.6) is 0 Å². The second-order valence-corrected chi connectivity index (χ2v) is 5.74. The molecule has 2 rings (SSSR count). The van der Waals surface area contributed by atoms with Gasteiger partial charge in [0.25, 0.3) is 0 Å². The van der Waals surface area contributed by atoms with E-state index in [0.717, 1.165) is 19.1 Å². The Bertz CT molecular complexity index is 204. The first-order valence-corrected chi connectivity index (χ1v) is 7.39. The minimum absolute atomic E-state index is 0.573. The Morgan fingerprint density at radius 1 is 1.24 bits per heavy atom. The van der Waals surface area contributed by atoms with Crippen molar-refractivity contribution in [2.45, 2.75) is 45.1 Å². The summed E-state index contributed by atoms with van der Waals surface area (Å²) in [4.78, 5) is 2.58. The molecule has 0 bridgehead atoms. The van der Waals surface area contributed by atoms with Gasteiger partial charge in [0.05, 0.1) is 12.7 Å². The summed E-state index contributed by atoms with van der Waals surface area (Å²) >= 11 is 0. The van der Waals surface area contributed by atoms with E-state index in [-0.39, 0.29) is 0 Å². The molecule has 1 aliphatic heterocycles. The van der Waals surface area contributed by atoms with Gasteiger partial charge in [0.1, 0.15) is 0 Å². The molecule has 1 N–H and O–H groups in total. The van der Waals surface area contributed by atoms with Crippen molar-refractivity contribution in [2.75, 3.05) is 39.3 Å². The Hall–Kier alpha value is -0.120. The lowest BCUT2D eigenvalue weighted by molar-refractivity contribution is 0.0384. The summed E-state index contributed by atoms with van der Waals surface area (Å²) in [5, 5.41) is 3.50. The fourth-order valence-corrected chi connectivity index (χ4v) is 2.98. The highest BCUT2D eigenvalue weighted by molar-refractivity contribution is 4.70. The van der Waals surface area contributed by atoms with Crippen molar-refractivity contribution in [3.05, 3.63) is 0 Å². The zero-order chi connectivity index (χ0) is 11.9. The van der Waals surface area contributed by atoms with E-state index in [1.807, 2.05) is 0 Å².